The molecule has 0 amide bonds. The quantitative estimate of drug-likeness (QED) is 0.485. The highest BCUT2D eigenvalue weighted by atomic mass is 16.3. The SMILES string of the molecule is Cc1cc(-c2cnc3[nH]cc(-c4ccc([C@H](O)C5CN(C)C5)cc4)c3n2)cc2c1CCN(C)C2. The average Bonchev–Trinajstić information content (AvgIpc) is 3.24. The summed E-state index contributed by atoms with van der Waals surface area (Å²) in [7, 11) is 4.26. The molecule has 6 heteroatoms. The van der Waals surface area contributed by atoms with Crippen LogP contribution in [0.5, 0.6) is 0 Å². The number of nitrogens with one attached hydrogen (secondary N) is 1. The molecular formula is C28H31N5O. The molecule has 6 nitrogen and oxygen atoms in total. The first-order valence-corrected chi connectivity index (χ1v) is 12.1. The van der Waals surface area contributed by atoms with Crippen LogP contribution >= 0.6 is 0 Å². The molecule has 1 atom stereocenters. The summed E-state index contributed by atoms with van der Waals surface area (Å²) in [5.74, 6) is 0.317. The van der Waals surface area contributed by atoms with E-state index in [0.717, 1.165) is 71.7 Å². The molecule has 0 radical (unpaired) electrons. The first-order chi connectivity index (χ1) is 16.5. The molecule has 0 unspecified atom stereocenters. The molecule has 34 heavy (non-hydrogen) atoms. The first-order valence-electron chi connectivity index (χ1n) is 12.1. The zero-order chi connectivity index (χ0) is 23.4. The Morgan fingerprint density at radius 1 is 1.06 bits per heavy atom. The van der Waals surface area contributed by atoms with Crippen molar-refractivity contribution in [3.8, 4) is 22.4 Å². The number of fused-ring (bicyclic) bond motifs is 2. The summed E-state index contributed by atoms with van der Waals surface area (Å²) in [6.07, 6.45) is 4.54. The van der Waals surface area contributed by atoms with Gasteiger partial charge in [-0.3, -0.25) is 0 Å². The number of aromatic amines is 1. The summed E-state index contributed by atoms with van der Waals surface area (Å²) in [6.45, 7) is 6.19. The lowest BCUT2D eigenvalue weighted by Crippen LogP contribution is -2.46. The van der Waals surface area contributed by atoms with Gasteiger partial charge in [-0.1, -0.05) is 24.3 Å². The molecule has 0 saturated carbocycles. The van der Waals surface area contributed by atoms with E-state index in [1.165, 1.54) is 16.7 Å². The number of hydrogen-bond donors (Lipinski definition) is 2. The maximum atomic E-state index is 10.7. The molecular weight excluding hydrogens is 422 g/mol. The van der Waals surface area contributed by atoms with Crippen molar-refractivity contribution in [2.45, 2.75) is 26.0 Å². The van der Waals surface area contributed by atoms with E-state index in [9.17, 15) is 5.11 Å². The number of H-pyrrole nitrogens is 1. The summed E-state index contributed by atoms with van der Waals surface area (Å²) < 4.78 is 0. The highest BCUT2D eigenvalue weighted by Crippen LogP contribution is 2.33. The molecule has 174 valence electrons. The maximum Gasteiger partial charge on any atom is 0.156 e. The van der Waals surface area contributed by atoms with Gasteiger partial charge >= 0.3 is 0 Å². The molecule has 4 heterocycles. The van der Waals surface area contributed by atoms with Crippen molar-refractivity contribution in [1.82, 2.24) is 24.8 Å². The van der Waals surface area contributed by atoms with Crippen molar-refractivity contribution in [3.05, 3.63) is 71.0 Å². The van der Waals surface area contributed by atoms with E-state index < -0.39 is 6.10 Å². The van der Waals surface area contributed by atoms with Crippen molar-refractivity contribution < 1.29 is 5.11 Å². The lowest BCUT2D eigenvalue weighted by atomic mass is 9.89. The number of aromatic nitrogens is 3. The monoisotopic (exact) mass is 453 g/mol. The molecule has 2 N–H and O–H groups in total. The van der Waals surface area contributed by atoms with E-state index in [-0.39, 0.29) is 0 Å². The molecule has 0 aliphatic carbocycles. The molecule has 0 bridgehead atoms. The number of rotatable bonds is 4. The second-order valence-electron chi connectivity index (χ2n) is 10.1. The van der Waals surface area contributed by atoms with Gasteiger partial charge in [-0.2, -0.15) is 0 Å². The molecule has 2 aliphatic heterocycles. The first kappa shape index (κ1) is 21.5. The molecule has 1 saturated heterocycles. The van der Waals surface area contributed by atoms with Crippen molar-refractivity contribution >= 4 is 11.2 Å². The van der Waals surface area contributed by atoms with Crippen molar-refractivity contribution in [3.63, 3.8) is 0 Å². The Balaban J connectivity index is 1.33. The van der Waals surface area contributed by atoms with Crippen molar-refractivity contribution in [2.24, 2.45) is 5.92 Å². The van der Waals surface area contributed by atoms with Gasteiger partial charge < -0.3 is 19.9 Å². The van der Waals surface area contributed by atoms with Gasteiger partial charge in [0.15, 0.2) is 5.65 Å². The van der Waals surface area contributed by atoms with Crippen LogP contribution in [0.1, 0.15) is 28.4 Å². The number of nitrogens with zero attached hydrogens (tertiary/aromatic N) is 4. The van der Waals surface area contributed by atoms with Gasteiger partial charge in [0.25, 0.3) is 0 Å². The number of aryl methyl sites for hydroxylation is 1. The Hall–Kier alpha value is -3.06. The fourth-order valence-electron chi connectivity index (χ4n) is 5.54. The van der Waals surface area contributed by atoms with Crippen LogP contribution < -0.4 is 0 Å². The number of likely N-dealkylation sites (N-methyl/N-ethyl adjacent to an activating group) is 1. The van der Waals surface area contributed by atoms with Crippen LogP contribution in [0.4, 0.5) is 0 Å². The molecule has 0 spiro atoms. The number of likely N-dealkylation sites (tertiary alicyclic amines) is 1. The summed E-state index contributed by atoms with van der Waals surface area (Å²) in [4.78, 5) is 17.6. The van der Waals surface area contributed by atoms with E-state index in [2.05, 4.69) is 65.1 Å². The summed E-state index contributed by atoms with van der Waals surface area (Å²) >= 11 is 0. The van der Waals surface area contributed by atoms with E-state index in [0.29, 0.717) is 5.92 Å². The van der Waals surface area contributed by atoms with Crippen LogP contribution in [0.3, 0.4) is 0 Å². The fourth-order valence-corrected chi connectivity index (χ4v) is 5.54. The summed E-state index contributed by atoms with van der Waals surface area (Å²) in [6, 6.07) is 12.8. The van der Waals surface area contributed by atoms with Gasteiger partial charge in [-0.25, -0.2) is 9.97 Å². The Morgan fingerprint density at radius 2 is 1.85 bits per heavy atom. The minimum Gasteiger partial charge on any atom is -0.388 e. The minimum absolute atomic E-state index is 0.317. The zero-order valence-electron chi connectivity index (χ0n) is 20.0. The van der Waals surface area contributed by atoms with Crippen LogP contribution in [0, 0.1) is 12.8 Å². The van der Waals surface area contributed by atoms with Crippen molar-refractivity contribution in [1.29, 1.82) is 0 Å². The topological polar surface area (TPSA) is 68.3 Å². The number of hydrogen-bond acceptors (Lipinski definition) is 5. The molecule has 1 fully saturated rings. The van der Waals surface area contributed by atoms with Gasteiger partial charge in [-0.05, 0) is 67.4 Å². The van der Waals surface area contributed by atoms with Crippen LogP contribution in [-0.2, 0) is 13.0 Å². The van der Waals surface area contributed by atoms with Crippen LogP contribution in [0.15, 0.2) is 48.8 Å². The second-order valence-corrected chi connectivity index (χ2v) is 10.1. The van der Waals surface area contributed by atoms with Crippen LogP contribution in [0.25, 0.3) is 33.5 Å². The Labute approximate surface area is 200 Å². The van der Waals surface area contributed by atoms with E-state index in [1.54, 1.807) is 0 Å². The summed E-state index contributed by atoms with van der Waals surface area (Å²) in [5, 5.41) is 10.7. The van der Waals surface area contributed by atoms with Crippen LogP contribution in [-0.4, -0.2) is 63.6 Å². The zero-order valence-corrected chi connectivity index (χ0v) is 20.0. The Kier molecular flexibility index (Phi) is 5.25. The third kappa shape index (κ3) is 3.72. The van der Waals surface area contributed by atoms with Gasteiger partial charge in [0.05, 0.1) is 18.0 Å². The molecule has 4 aromatic rings. The van der Waals surface area contributed by atoms with Crippen molar-refractivity contribution in [2.75, 3.05) is 33.7 Å². The van der Waals surface area contributed by atoms with Gasteiger partial charge in [0.2, 0.25) is 0 Å². The minimum atomic E-state index is -0.411. The second kappa shape index (κ2) is 8.31. The lowest BCUT2D eigenvalue weighted by molar-refractivity contribution is 0.00901. The highest BCUT2D eigenvalue weighted by molar-refractivity contribution is 5.91. The lowest BCUT2D eigenvalue weighted by Gasteiger charge is -2.39. The van der Waals surface area contributed by atoms with Gasteiger partial charge in [0.1, 0.15) is 5.52 Å². The predicted octanol–water partition coefficient (Wildman–Crippen LogP) is 4.18. The molecule has 6 rings (SSSR count). The number of aliphatic hydroxyl groups is 1. The standard InChI is InChI=1S/C28H31N5O/c1-17-10-20(11-21-14-32(2)9-8-23(17)21)25-13-30-28-26(31-25)24(12-29-28)18-4-6-19(7-5-18)27(34)22-15-33(3)16-22/h4-7,10-13,22,27,34H,8-9,14-16H2,1-3H3,(H,29,30)/t27-/m0/s1. The van der Waals surface area contributed by atoms with Gasteiger partial charge in [0, 0.05) is 49.4 Å². The van der Waals surface area contributed by atoms with E-state index >= 15 is 0 Å². The van der Waals surface area contributed by atoms with Crippen LogP contribution in [0.2, 0.25) is 0 Å². The average molecular weight is 454 g/mol. The predicted molar refractivity (Wildman–Crippen MR) is 135 cm³/mol. The Bertz CT molecular complexity index is 1350. The van der Waals surface area contributed by atoms with Gasteiger partial charge in [-0.15, -0.1) is 0 Å². The highest BCUT2D eigenvalue weighted by Gasteiger charge is 2.30. The molecule has 2 aliphatic rings. The number of aliphatic hydroxyl groups excluding tert-OH is 1. The normalized spacial score (nSPS) is 18.1. The molecule has 2 aromatic heterocycles. The third-order valence-electron chi connectivity index (χ3n) is 7.53. The largest absolute Gasteiger partial charge is 0.388 e. The van der Waals surface area contributed by atoms with E-state index in [4.69, 9.17) is 4.98 Å². The van der Waals surface area contributed by atoms with E-state index in [1.807, 2.05) is 24.5 Å². The fraction of sp³-hybridized carbons (Fsp3) is 0.357. The smallest absolute Gasteiger partial charge is 0.156 e. The Morgan fingerprint density at radius 3 is 2.62 bits per heavy atom. The summed E-state index contributed by atoms with van der Waals surface area (Å²) in [5.41, 5.74) is 11.0. The molecule has 2 aromatic carbocycles. The maximum absolute atomic E-state index is 10.7. The third-order valence-corrected chi connectivity index (χ3v) is 7.53. The number of benzene rings is 2.